The molecule has 0 radical (unpaired) electrons. The van der Waals surface area contributed by atoms with E-state index in [1.807, 2.05) is 4.90 Å². The highest BCUT2D eigenvalue weighted by atomic mass is 19.1. The molecule has 20 heavy (non-hydrogen) atoms. The highest BCUT2D eigenvalue weighted by molar-refractivity contribution is 5.89. The minimum Gasteiger partial charge on any atom is -0.381 e. The number of hydrogen-bond acceptors (Lipinski definition) is 2. The molecule has 1 saturated heterocycles. The molecule has 4 nitrogen and oxygen atoms in total. The molecule has 1 N–H and O–H groups in total. The van der Waals surface area contributed by atoms with Gasteiger partial charge in [-0.3, -0.25) is 0 Å². The number of carbonyl (C=O) groups is 1. The van der Waals surface area contributed by atoms with Gasteiger partial charge in [0.1, 0.15) is 5.82 Å². The predicted molar refractivity (Wildman–Crippen MR) is 74.1 cm³/mol. The van der Waals surface area contributed by atoms with E-state index in [2.05, 4.69) is 5.32 Å². The largest absolute Gasteiger partial charge is 0.381 e. The Morgan fingerprint density at radius 3 is 2.90 bits per heavy atom. The van der Waals surface area contributed by atoms with Crippen LogP contribution in [-0.2, 0) is 4.74 Å². The maximum atomic E-state index is 13.1. The summed E-state index contributed by atoms with van der Waals surface area (Å²) >= 11 is 0. The van der Waals surface area contributed by atoms with E-state index in [1.54, 1.807) is 12.1 Å². The van der Waals surface area contributed by atoms with Gasteiger partial charge in [0.15, 0.2) is 0 Å². The molecule has 3 rings (SSSR count). The van der Waals surface area contributed by atoms with E-state index in [0.717, 1.165) is 39.0 Å². The summed E-state index contributed by atoms with van der Waals surface area (Å²) in [5, 5.41) is 2.78. The van der Waals surface area contributed by atoms with Gasteiger partial charge in [-0.15, -0.1) is 0 Å². The van der Waals surface area contributed by atoms with Gasteiger partial charge in [-0.05, 0) is 37.5 Å². The standard InChI is InChI=1S/C15H19FN2O2/c16-12-2-1-3-13(8-12)17-15(19)18(14-4-5-14)9-11-6-7-20-10-11/h1-3,8,11,14H,4-7,9-10H2,(H,17,19)/t11-/m1/s1. The van der Waals surface area contributed by atoms with E-state index >= 15 is 0 Å². The first kappa shape index (κ1) is 13.4. The summed E-state index contributed by atoms with van der Waals surface area (Å²) in [4.78, 5) is 14.2. The second-order valence-corrected chi connectivity index (χ2v) is 5.55. The molecule has 2 aliphatic rings. The number of rotatable bonds is 4. The fourth-order valence-electron chi connectivity index (χ4n) is 2.55. The predicted octanol–water partition coefficient (Wildman–Crippen LogP) is 2.86. The Labute approximate surface area is 117 Å². The minimum absolute atomic E-state index is 0.134. The van der Waals surface area contributed by atoms with E-state index < -0.39 is 0 Å². The summed E-state index contributed by atoms with van der Waals surface area (Å²) < 4.78 is 18.5. The second kappa shape index (κ2) is 5.79. The van der Waals surface area contributed by atoms with Gasteiger partial charge in [-0.25, -0.2) is 9.18 Å². The lowest BCUT2D eigenvalue weighted by Gasteiger charge is -2.25. The molecule has 1 saturated carbocycles. The zero-order valence-corrected chi connectivity index (χ0v) is 11.3. The molecule has 1 aromatic carbocycles. The number of carbonyl (C=O) groups excluding carboxylic acids is 1. The third-order valence-corrected chi connectivity index (χ3v) is 3.80. The molecule has 1 heterocycles. The summed E-state index contributed by atoms with van der Waals surface area (Å²) in [6, 6.07) is 6.20. The summed E-state index contributed by atoms with van der Waals surface area (Å²) in [7, 11) is 0. The average Bonchev–Trinajstić information content (AvgIpc) is 3.12. The van der Waals surface area contributed by atoms with Gasteiger partial charge in [0, 0.05) is 30.8 Å². The van der Waals surface area contributed by atoms with Crippen molar-refractivity contribution >= 4 is 11.7 Å². The maximum Gasteiger partial charge on any atom is 0.322 e. The van der Waals surface area contributed by atoms with Gasteiger partial charge < -0.3 is 15.0 Å². The minimum atomic E-state index is -0.343. The van der Waals surface area contributed by atoms with Crippen molar-refractivity contribution in [1.29, 1.82) is 0 Å². The third-order valence-electron chi connectivity index (χ3n) is 3.80. The first-order valence-corrected chi connectivity index (χ1v) is 7.13. The molecule has 1 atom stereocenters. The van der Waals surface area contributed by atoms with Gasteiger partial charge >= 0.3 is 6.03 Å². The van der Waals surface area contributed by atoms with Crippen LogP contribution < -0.4 is 5.32 Å². The van der Waals surface area contributed by atoms with Crippen LogP contribution in [0.1, 0.15) is 19.3 Å². The quantitative estimate of drug-likeness (QED) is 0.920. The maximum absolute atomic E-state index is 13.1. The first-order chi connectivity index (χ1) is 9.72. The molecule has 0 bridgehead atoms. The summed E-state index contributed by atoms with van der Waals surface area (Å²) in [6.07, 6.45) is 3.13. The van der Waals surface area contributed by atoms with Crippen LogP contribution in [0.4, 0.5) is 14.9 Å². The zero-order chi connectivity index (χ0) is 13.9. The van der Waals surface area contributed by atoms with Gasteiger partial charge in [0.2, 0.25) is 0 Å². The molecule has 1 aromatic rings. The highest BCUT2D eigenvalue weighted by Crippen LogP contribution is 2.29. The first-order valence-electron chi connectivity index (χ1n) is 7.13. The topological polar surface area (TPSA) is 41.6 Å². The number of nitrogens with one attached hydrogen (secondary N) is 1. The van der Waals surface area contributed by atoms with Gasteiger partial charge in [0.05, 0.1) is 6.61 Å². The Morgan fingerprint density at radius 1 is 1.40 bits per heavy atom. The van der Waals surface area contributed by atoms with Crippen LogP contribution in [0.2, 0.25) is 0 Å². The van der Waals surface area contributed by atoms with E-state index in [9.17, 15) is 9.18 Å². The van der Waals surface area contributed by atoms with Crippen molar-refractivity contribution in [2.75, 3.05) is 25.1 Å². The van der Waals surface area contributed by atoms with Crippen molar-refractivity contribution in [3.05, 3.63) is 30.1 Å². The second-order valence-electron chi connectivity index (χ2n) is 5.55. The molecule has 1 aliphatic carbocycles. The normalized spacial score (nSPS) is 21.8. The average molecular weight is 278 g/mol. The van der Waals surface area contributed by atoms with Gasteiger partial charge in [0.25, 0.3) is 0 Å². The monoisotopic (exact) mass is 278 g/mol. The van der Waals surface area contributed by atoms with Crippen LogP contribution in [0.15, 0.2) is 24.3 Å². The Morgan fingerprint density at radius 2 is 2.25 bits per heavy atom. The zero-order valence-electron chi connectivity index (χ0n) is 11.3. The van der Waals surface area contributed by atoms with Crippen molar-refractivity contribution < 1.29 is 13.9 Å². The van der Waals surface area contributed by atoms with Crippen molar-refractivity contribution in [2.24, 2.45) is 5.92 Å². The molecule has 2 amide bonds. The van der Waals surface area contributed by atoms with E-state index in [0.29, 0.717) is 17.6 Å². The van der Waals surface area contributed by atoms with Crippen LogP contribution in [0, 0.1) is 11.7 Å². The van der Waals surface area contributed by atoms with Crippen LogP contribution in [0.3, 0.4) is 0 Å². The van der Waals surface area contributed by atoms with Crippen molar-refractivity contribution in [3.63, 3.8) is 0 Å². The summed E-state index contributed by atoms with van der Waals surface area (Å²) in [5.41, 5.74) is 0.503. The summed E-state index contributed by atoms with van der Waals surface area (Å²) in [6.45, 7) is 2.25. The van der Waals surface area contributed by atoms with Crippen LogP contribution in [0.25, 0.3) is 0 Å². The number of hydrogen-bond donors (Lipinski definition) is 1. The molecule has 0 aromatic heterocycles. The molecular weight excluding hydrogens is 259 g/mol. The Hall–Kier alpha value is -1.62. The van der Waals surface area contributed by atoms with Gasteiger partial charge in [-0.2, -0.15) is 0 Å². The fourth-order valence-corrected chi connectivity index (χ4v) is 2.55. The van der Waals surface area contributed by atoms with Crippen LogP contribution in [-0.4, -0.2) is 36.7 Å². The lowest BCUT2D eigenvalue weighted by Crippen LogP contribution is -2.40. The van der Waals surface area contributed by atoms with Crippen molar-refractivity contribution in [2.45, 2.75) is 25.3 Å². The number of ether oxygens (including phenoxy) is 1. The summed E-state index contributed by atoms with van der Waals surface area (Å²) in [5.74, 6) is 0.0822. The molecule has 0 unspecified atom stereocenters. The number of nitrogens with zero attached hydrogens (tertiary/aromatic N) is 1. The number of halogens is 1. The Bertz CT molecular complexity index is 485. The number of amides is 2. The third kappa shape index (κ3) is 3.28. The van der Waals surface area contributed by atoms with Crippen molar-refractivity contribution in [3.8, 4) is 0 Å². The number of anilines is 1. The highest BCUT2D eigenvalue weighted by Gasteiger charge is 2.34. The lowest BCUT2D eigenvalue weighted by atomic mass is 10.1. The van der Waals surface area contributed by atoms with Crippen LogP contribution in [0.5, 0.6) is 0 Å². The number of benzene rings is 1. The SMILES string of the molecule is O=C(Nc1cccc(F)c1)N(C[C@H]1CCOC1)C1CC1. The molecule has 0 spiro atoms. The van der Waals surface area contributed by atoms with Crippen LogP contribution >= 0.6 is 0 Å². The lowest BCUT2D eigenvalue weighted by molar-refractivity contribution is 0.167. The molecule has 108 valence electrons. The molecular formula is C15H19FN2O2. The smallest absolute Gasteiger partial charge is 0.322 e. The van der Waals surface area contributed by atoms with E-state index in [4.69, 9.17) is 4.74 Å². The number of urea groups is 1. The van der Waals surface area contributed by atoms with E-state index in [-0.39, 0.29) is 11.8 Å². The Balaban J connectivity index is 1.63. The molecule has 1 aliphatic heterocycles. The fraction of sp³-hybridized carbons (Fsp3) is 0.533. The van der Waals surface area contributed by atoms with E-state index in [1.165, 1.54) is 12.1 Å². The Kier molecular flexibility index (Phi) is 3.87. The molecule has 5 heteroatoms. The van der Waals surface area contributed by atoms with Crippen molar-refractivity contribution in [1.82, 2.24) is 4.90 Å². The van der Waals surface area contributed by atoms with Gasteiger partial charge in [-0.1, -0.05) is 6.07 Å². The molecule has 2 fully saturated rings.